The van der Waals surface area contributed by atoms with E-state index in [-0.39, 0.29) is 22.8 Å². The molecule has 1 aromatic heterocycles. The van der Waals surface area contributed by atoms with E-state index in [4.69, 9.17) is 21.3 Å². The predicted octanol–water partition coefficient (Wildman–Crippen LogP) is 3.33. The molecule has 0 saturated carbocycles. The molecule has 1 aromatic carbocycles. The van der Waals surface area contributed by atoms with Crippen LogP contribution >= 0.6 is 23.4 Å². The number of rotatable bonds is 5. The molecule has 4 rings (SSSR count). The van der Waals surface area contributed by atoms with Gasteiger partial charge >= 0.3 is 0 Å². The lowest BCUT2D eigenvalue weighted by Gasteiger charge is -2.22. The van der Waals surface area contributed by atoms with Gasteiger partial charge in [0, 0.05) is 24.7 Å². The summed E-state index contributed by atoms with van der Waals surface area (Å²) < 4.78 is 7.41. The number of amides is 1. The Kier molecular flexibility index (Phi) is 5.94. The van der Waals surface area contributed by atoms with E-state index in [1.54, 1.807) is 22.8 Å². The van der Waals surface area contributed by atoms with E-state index < -0.39 is 0 Å². The third-order valence-electron chi connectivity index (χ3n) is 5.34. The van der Waals surface area contributed by atoms with Crippen LogP contribution in [0.3, 0.4) is 0 Å². The van der Waals surface area contributed by atoms with E-state index in [0.29, 0.717) is 27.6 Å². The Balaban J connectivity index is 1.69. The molecule has 28 heavy (non-hydrogen) atoms. The van der Waals surface area contributed by atoms with Crippen molar-refractivity contribution in [3.05, 3.63) is 33.6 Å². The van der Waals surface area contributed by atoms with Gasteiger partial charge in [0.05, 0.1) is 28.8 Å². The van der Waals surface area contributed by atoms with Gasteiger partial charge in [0.1, 0.15) is 0 Å². The third kappa shape index (κ3) is 4.07. The number of halogens is 1. The van der Waals surface area contributed by atoms with Crippen molar-refractivity contribution in [2.75, 3.05) is 19.7 Å². The highest BCUT2D eigenvalue weighted by molar-refractivity contribution is 8.00. The molecule has 0 aliphatic carbocycles. The van der Waals surface area contributed by atoms with Crippen LogP contribution in [-0.4, -0.2) is 51.4 Å². The first-order valence-corrected chi connectivity index (χ1v) is 11.1. The molecule has 2 fully saturated rings. The van der Waals surface area contributed by atoms with Gasteiger partial charge in [-0.15, -0.1) is 0 Å². The summed E-state index contributed by atoms with van der Waals surface area (Å²) in [6.07, 6.45) is 4.05. The highest BCUT2D eigenvalue weighted by Gasteiger charge is 2.27. The fourth-order valence-electron chi connectivity index (χ4n) is 3.82. The SMILES string of the molecule is C[C@H](Sc1nc2cc(Cl)ccc2c(=O)n1C[C@@H]1CCCO1)C(=O)N1CCCC1. The fourth-order valence-corrected chi connectivity index (χ4v) is 4.99. The van der Waals surface area contributed by atoms with Gasteiger partial charge in [0.2, 0.25) is 5.91 Å². The zero-order valence-electron chi connectivity index (χ0n) is 15.9. The van der Waals surface area contributed by atoms with E-state index >= 15 is 0 Å². The summed E-state index contributed by atoms with van der Waals surface area (Å²) in [5, 5.41) is 1.31. The zero-order valence-corrected chi connectivity index (χ0v) is 17.5. The third-order valence-corrected chi connectivity index (χ3v) is 6.65. The van der Waals surface area contributed by atoms with Crippen molar-refractivity contribution in [3.63, 3.8) is 0 Å². The Hall–Kier alpha value is -1.57. The molecule has 0 unspecified atom stereocenters. The van der Waals surface area contributed by atoms with E-state index in [2.05, 4.69) is 0 Å². The molecule has 0 radical (unpaired) electrons. The minimum atomic E-state index is -0.308. The minimum Gasteiger partial charge on any atom is -0.376 e. The van der Waals surface area contributed by atoms with Crippen LogP contribution in [0.4, 0.5) is 0 Å². The molecule has 2 atom stereocenters. The summed E-state index contributed by atoms with van der Waals surface area (Å²) in [4.78, 5) is 32.5. The van der Waals surface area contributed by atoms with Crippen molar-refractivity contribution >= 4 is 40.2 Å². The summed E-state index contributed by atoms with van der Waals surface area (Å²) in [6, 6.07) is 5.12. The first-order chi connectivity index (χ1) is 13.5. The minimum absolute atomic E-state index is 0.00758. The molecule has 0 bridgehead atoms. The standard InChI is InChI=1S/C20H24ClN3O3S/c1-13(18(25)23-8-2-3-9-23)28-20-22-17-11-14(21)6-7-16(17)19(26)24(20)12-15-5-4-10-27-15/h6-7,11,13,15H,2-5,8-10,12H2,1H3/t13-,15-/m0/s1. The molecular weight excluding hydrogens is 398 g/mol. The van der Waals surface area contributed by atoms with Crippen LogP contribution in [0.15, 0.2) is 28.2 Å². The summed E-state index contributed by atoms with van der Waals surface area (Å²) in [5.41, 5.74) is 0.449. The van der Waals surface area contributed by atoms with Gasteiger partial charge in [-0.3, -0.25) is 14.2 Å². The molecule has 8 heteroatoms. The molecular formula is C20H24ClN3O3S. The van der Waals surface area contributed by atoms with E-state index in [9.17, 15) is 9.59 Å². The number of carbonyl (C=O) groups is 1. The Labute approximate surface area is 173 Å². The topological polar surface area (TPSA) is 64.4 Å². The second-order valence-electron chi connectivity index (χ2n) is 7.40. The first kappa shape index (κ1) is 19.7. The smallest absolute Gasteiger partial charge is 0.262 e. The van der Waals surface area contributed by atoms with E-state index in [0.717, 1.165) is 45.4 Å². The van der Waals surface area contributed by atoms with Crippen molar-refractivity contribution in [1.82, 2.24) is 14.5 Å². The highest BCUT2D eigenvalue weighted by Crippen LogP contribution is 2.27. The number of likely N-dealkylation sites (tertiary alicyclic amines) is 1. The highest BCUT2D eigenvalue weighted by atomic mass is 35.5. The molecule has 3 heterocycles. The maximum atomic E-state index is 13.2. The molecule has 6 nitrogen and oxygen atoms in total. The summed E-state index contributed by atoms with van der Waals surface area (Å²) >= 11 is 7.45. The molecule has 2 aromatic rings. The number of benzene rings is 1. The second kappa shape index (κ2) is 8.43. The number of nitrogens with zero attached hydrogens (tertiary/aromatic N) is 3. The van der Waals surface area contributed by atoms with Gasteiger partial charge < -0.3 is 9.64 Å². The van der Waals surface area contributed by atoms with Crippen molar-refractivity contribution in [2.24, 2.45) is 0 Å². The van der Waals surface area contributed by atoms with E-state index in [1.165, 1.54) is 11.8 Å². The summed E-state index contributed by atoms with van der Waals surface area (Å²) in [7, 11) is 0. The van der Waals surface area contributed by atoms with Crippen LogP contribution < -0.4 is 5.56 Å². The predicted molar refractivity (Wildman–Crippen MR) is 111 cm³/mol. The zero-order chi connectivity index (χ0) is 19.7. The summed E-state index contributed by atoms with van der Waals surface area (Å²) in [5.74, 6) is 0.103. The number of hydrogen-bond acceptors (Lipinski definition) is 5. The van der Waals surface area contributed by atoms with E-state index in [1.807, 2.05) is 11.8 Å². The lowest BCUT2D eigenvalue weighted by molar-refractivity contribution is -0.129. The molecule has 2 saturated heterocycles. The molecule has 2 aliphatic heterocycles. The number of hydrogen-bond donors (Lipinski definition) is 0. The number of aromatic nitrogens is 2. The maximum Gasteiger partial charge on any atom is 0.262 e. The lowest BCUT2D eigenvalue weighted by Crippen LogP contribution is -2.35. The number of carbonyl (C=O) groups excluding carboxylic acids is 1. The van der Waals surface area contributed by atoms with Crippen molar-refractivity contribution in [1.29, 1.82) is 0 Å². The van der Waals surface area contributed by atoms with Crippen molar-refractivity contribution < 1.29 is 9.53 Å². The van der Waals surface area contributed by atoms with Crippen molar-refractivity contribution in [3.8, 4) is 0 Å². The maximum absolute atomic E-state index is 13.2. The van der Waals surface area contributed by atoms with Gasteiger partial charge in [-0.1, -0.05) is 23.4 Å². The largest absolute Gasteiger partial charge is 0.376 e. The second-order valence-corrected chi connectivity index (χ2v) is 9.14. The van der Waals surface area contributed by atoms with Crippen molar-refractivity contribution in [2.45, 2.75) is 55.7 Å². The first-order valence-electron chi connectivity index (χ1n) is 9.80. The Morgan fingerprint density at radius 2 is 2.14 bits per heavy atom. The monoisotopic (exact) mass is 421 g/mol. The normalized spacial score (nSPS) is 20.8. The Morgan fingerprint density at radius 3 is 2.86 bits per heavy atom. The number of ether oxygens (including phenoxy) is 1. The molecule has 0 spiro atoms. The van der Waals surface area contributed by atoms with Crippen LogP contribution in [0.2, 0.25) is 5.02 Å². The average molecular weight is 422 g/mol. The van der Waals surface area contributed by atoms with Crippen LogP contribution in [0.1, 0.15) is 32.6 Å². The lowest BCUT2D eigenvalue weighted by atomic mass is 10.2. The molecule has 2 aliphatic rings. The van der Waals surface area contributed by atoms with Gasteiger partial charge in [-0.25, -0.2) is 4.98 Å². The van der Waals surface area contributed by atoms with Gasteiger partial charge in [0.15, 0.2) is 5.16 Å². The van der Waals surface area contributed by atoms with Gasteiger partial charge in [-0.05, 0) is 50.8 Å². The fraction of sp³-hybridized carbons (Fsp3) is 0.550. The molecule has 1 amide bonds. The average Bonchev–Trinajstić information content (AvgIpc) is 3.38. The van der Waals surface area contributed by atoms with Gasteiger partial charge in [-0.2, -0.15) is 0 Å². The van der Waals surface area contributed by atoms with Crippen LogP contribution in [-0.2, 0) is 16.1 Å². The Bertz CT molecular complexity index is 936. The van der Waals surface area contributed by atoms with Gasteiger partial charge in [0.25, 0.3) is 5.56 Å². The number of fused-ring (bicyclic) bond motifs is 1. The van der Waals surface area contributed by atoms with Crippen LogP contribution in [0, 0.1) is 0 Å². The Morgan fingerprint density at radius 1 is 1.36 bits per heavy atom. The number of thioether (sulfide) groups is 1. The molecule has 150 valence electrons. The van der Waals surface area contributed by atoms with Crippen LogP contribution in [0.5, 0.6) is 0 Å². The quantitative estimate of drug-likeness (QED) is 0.547. The summed E-state index contributed by atoms with van der Waals surface area (Å²) in [6.45, 7) is 4.69. The van der Waals surface area contributed by atoms with Crippen LogP contribution in [0.25, 0.3) is 10.9 Å². The molecule has 0 N–H and O–H groups in total.